The van der Waals surface area contributed by atoms with Gasteiger partial charge in [0.2, 0.25) is 5.91 Å². The Kier molecular flexibility index (Phi) is 7.55. The Hall–Kier alpha value is -2.18. The van der Waals surface area contributed by atoms with Crippen LogP contribution < -0.4 is 5.32 Å². The molecule has 2 atom stereocenters. The Balaban J connectivity index is 1.23. The number of fused-ring (bicyclic) bond motifs is 1. The highest BCUT2D eigenvalue weighted by molar-refractivity contribution is 7.91. The van der Waals surface area contributed by atoms with Crippen molar-refractivity contribution in [2.75, 3.05) is 18.8 Å². The summed E-state index contributed by atoms with van der Waals surface area (Å²) in [7, 11) is -3.45. The van der Waals surface area contributed by atoms with E-state index in [1.54, 1.807) is 12.1 Å². The summed E-state index contributed by atoms with van der Waals surface area (Å²) < 4.78 is 25.3. The molecular formula is C27H36N2O3S. The van der Waals surface area contributed by atoms with Crippen molar-refractivity contribution in [3.8, 4) is 0 Å². The van der Waals surface area contributed by atoms with Crippen molar-refractivity contribution >= 4 is 15.7 Å². The monoisotopic (exact) mass is 468 g/mol. The molecular weight excluding hydrogens is 432 g/mol. The molecule has 1 aliphatic carbocycles. The number of hydrogen-bond acceptors (Lipinski definition) is 4. The van der Waals surface area contributed by atoms with Crippen LogP contribution >= 0.6 is 0 Å². The van der Waals surface area contributed by atoms with Crippen molar-refractivity contribution in [3.63, 3.8) is 0 Å². The molecule has 5 nitrogen and oxygen atoms in total. The Morgan fingerprint density at radius 1 is 0.970 bits per heavy atom. The van der Waals surface area contributed by atoms with E-state index in [0.717, 1.165) is 61.9 Å². The molecule has 2 aromatic rings. The first kappa shape index (κ1) is 24.0. The summed E-state index contributed by atoms with van der Waals surface area (Å²) in [6.07, 6.45) is 4.33. The molecule has 0 bridgehead atoms. The Morgan fingerprint density at radius 3 is 2.36 bits per heavy atom. The van der Waals surface area contributed by atoms with Crippen LogP contribution in [0, 0.1) is 11.8 Å². The van der Waals surface area contributed by atoms with E-state index >= 15 is 0 Å². The SMILES string of the molecule is CC1CC(C)CN(Cc2ccc(CNC(=O)CCS(=O)(=O)c3ccc4c(c3)CCC4)cc2)C1. The fourth-order valence-electron chi connectivity index (χ4n) is 5.32. The molecule has 1 amide bonds. The van der Waals surface area contributed by atoms with E-state index in [9.17, 15) is 13.2 Å². The first-order valence-electron chi connectivity index (χ1n) is 12.2. The zero-order chi connectivity index (χ0) is 23.4. The number of nitrogens with zero attached hydrogens (tertiary/aromatic N) is 1. The van der Waals surface area contributed by atoms with Crippen molar-refractivity contribution < 1.29 is 13.2 Å². The Morgan fingerprint density at radius 2 is 1.64 bits per heavy atom. The number of carbonyl (C=O) groups is 1. The average Bonchev–Trinajstić information content (AvgIpc) is 3.25. The number of rotatable bonds is 8. The Labute approximate surface area is 198 Å². The minimum Gasteiger partial charge on any atom is -0.352 e. The second kappa shape index (κ2) is 10.4. The maximum Gasteiger partial charge on any atom is 0.221 e. The first-order chi connectivity index (χ1) is 15.8. The molecule has 33 heavy (non-hydrogen) atoms. The molecule has 2 aromatic carbocycles. The maximum absolute atomic E-state index is 12.7. The van der Waals surface area contributed by atoms with E-state index in [0.29, 0.717) is 11.4 Å². The van der Waals surface area contributed by atoms with Gasteiger partial charge in [-0.05, 0) is 71.9 Å². The third kappa shape index (κ3) is 6.45. The van der Waals surface area contributed by atoms with Gasteiger partial charge in [0.25, 0.3) is 0 Å². The van der Waals surface area contributed by atoms with Gasteiger partial charge in [0, 0.05) is 32.6 Å². The molecule has 0 aromatic heterocycles. The number of benzene rings is 2. The van der Waals surface area contributed by atoms with Gasteiger partial charge in [0.05, 0.1) is 10.6 Å². The fourth-order valence-corrected chi connectivity index (χ4v) is 6.60. The number of amides is 1. The van der Waals surface area contributed by atoms with Gasteiger partial charge >= 0.3 is 0 Å². The van der Waals surface area contributed by atoms with Gasteiger partial charge in [-0.25, -0.2) is 8.42 Å². The molecule has 0 radical (unpaired) electrons. The molecule has 1 saturated heterocycles. The quantitative estimate of drug-likeness (QED) is 0.633. The summed E-state index contributed by atoms with van der Waals surface area (Å²) in [6, 6.07) is 13.8. The lowest BCUT2D eigenvalue weighted by molar-refractivity contribution is -0.120. The molecule has 1 N–H and O–H groups in total. The fraction of sp³-hybridized carbons (Fsp3) is 0.519. The van der Waals surface area contributed by atoms with E-state index in [-0.39, 0.29) is 18.1 Å². The van der Waals surface area contributed by atoms with E-state index < -0.39 is 9.84 Å². The lowest BCUT2D eigenvalue weighted by atomic mass is 9.91. The van der Waals surface area contributed by atoms with E-state index in [2.05, 4.69) is 36.2 Å². The number of piperidine rings is 1. The van der Waals surface area contributed by atoms with Gasteiger partial charge in [-0.3, -0.25) is 9.69 Å². The summed E-state index contributed by atoms with van der Waals surface area (Å²) in [5, 5.41) is 2.86. The number of aryl methyl sites for hydroxylation is 2. The van der Waals surface area contributed by atoms with Crippen LogP contribution in [0.1, 0.15) is 55.4 Å². The summed E-state index contributed by atoms with van der Waals surface area (Å²) in [6.45, 7) is 8.32. The van der Waals surface area contributed by atoms with Crippen LogP contribution in [0.5, 0.6) is 0 Å². The molecule has 178 valence electrons. The van der Waals surface area contributed by atoms with Crippen molar-refractivity contribution in [1.29, 1.82) is 0 Å². The molecule has 1 fully saturated rings. The Bertz CT molecular complexity index is 1070. The predicted molar refractivity (Wildman–Crippen MR) is 132 cm³/mol. The van der Waals surface area contributed by atoms with E-state index in [4.69, 9.17) is 0 Å². The van der Waals surface area contributed by atoms with Crippen LogP contribution in [0.15, 0.2) is 47.4 Å². The van der Waals surface area contributed by atoms with Crippen LogP contribution in [0.3, 0.4) is 0 Å². The van der Waals surface area contributed by atoms with Crippen LogP contribution in [0.4, 0.5) is 0 Å². The van der Waals surface area contributed by atoms with E-state index in [1.807, 2.05) is 18.2 Å². The minimum absolute atomic E-state index is 0.0250. The zero-order valence-electron chi connectivity index (χ0n) is 19.8. The number of sulfone groups is 1. The van der Waals surface area contributed by atoms with Crippen molar-refractivity contribution in [3.05, 3.63) is 64.7 Å². The van der Waals surface area contributed by atoms with Gasteiger partial charge in [0.1, 0.15) is 0 Å². The van der Waals surface area contributed by atoms with Crippen molar-refractivity contribution in [2.24, 2.45) is 11.8 Å². The normalized spacial score (nSPS) is 21.0. The summed E-state index contributed by atoms with van der Waals surface area (Å²) in [5.74, 6) is 1.09. The van der Waals surface area contributed by atoms with Gasteiger partial charge in [-0.1, -0.05) is 44.2 Å². The van der Waals surface area contributed by atoms with Gasteiger partial charge in [-0.2, -0.15) is 0 Å². The smallest absolute Gasteiger partial charge is 0.221 e. The highest BCUT2D eigenvalue weighted by Crippen LogP contribution is 2.25. The molecule has 2 aliphatic rings. The molecule has 6 heteroatoms. The van der Waals surface area contributed by atoms with Gasteiger partial charge in [-0.15, -0.1) is 0 Å². The zero-order valence-corrected chi connectivity index (χ0v) is 20.7. The standard InChI is InChI=1S/C27H36N2O3S/c1-20-14-21(2)18-29(17-20)19-23-8-6-22(7-9-23)16-28-27(30)12-13-33(31,32)26-11-10-24-4-3-5-25(24)15-26/h6-11,15,20-21H,3-5,12-14,16-19H2,1-2H3,(H,28,30). The topological polar surface area (TPSA) is 66.5 Å². The predicted octanol–water partition coefficient (Wildman–Crippen LogP) is 4.13. The molecule has 4 rings (SSSR count). The second-order valence-electron chi connectivity index (χ2n) is 10.1. The lowest BCUT2D eigenvalue weighted by Gasteiger charge is -2.35. The largest absolute Gasteiger partial charge is 0.352 e. The summed E-state index contributed by atoms with van der Waals surface area (Å²) >= 11 is 0. The number of likely N-dealkylation sites (tertiary alicyclic amines) is 1. The summed E-state index contributed by atoms with van der Waals surface area (Å²) in [4.78, 5) is 15.2. The van der Waals surface area contributed by atoms with Crippen LogP contribution in [-0.4, -0.2) is 38.1 Å². The maximum atomic E-state index is 12.7. The van der Waals surface area contributed by atoms with Gasteiger partial charge < -0.3 is 5.32 Å². The van der Waals surface area contributed by atoms with Crippen LogP contribution in [0.2, 0.25) is 0 Å². The number of nitrogens with one attached hydrogen (secondary N) is 1. The minimum atomic E-state index is -3.45. The molecule has 0 saturated carbocycles. The van der Waals surface area contributed by atoms with Crippen LogP contribution in [0.25, 0.3) is 0 Å². The number of hydrogen-bond donors (Lipinski definition) is 1. The first-order valence-corrected chi connectivity index (χ1v) is 13.8. The molecule has 2 unspecified atom stereocenters. The van der Waals surface area contributed by atoms with Crippen molar-refractivity contribution in [1.82, 2.24) is 10.2 Å². The summed E-state index contributed by atoms with van der Waals surface area (Å²) in [5.41, 5.74) is 4.69. The molecule has 0 spiro atoms. The lowest BCUT2D eigenvalue weighted by Crippen LogP contribution is -2.38. The highest BCUT2D eigenvalue weighted by Gasteiger charge is 2.22. The van der Waals surface area contributed by atoms with E-state index in [1.165, 1.54) is 17.5 Å². The molecule has 1 aliphatic heterocycles. The molecule has 1 heterocycles. The third-order valence-electron chi connectivity index (χ3n) is 6.89. The third-order valence-corrected chi connectivity index (χ3v) is 8.60. The van der Waals surface area contributed by atoms with Gasteiger partial charge in [0.15, 0.2) is 9.84 Å². The van der Waals surface area contributed by atoms with Crippen molar-refractivity contribution in [2.45, 2.75) is 63.9 Å². The highest BCUT2D eigenvalue weighted by atomic mass is 32.2. The number of carbonyl (C=O) groups excluding carboxylic acids is 1. The average molecular weight is 469 g/mol. The van der Waals surface area contributed by atoms with Crippen LogP contribution in [-0.2, 0) is 40.6 Å². The second-order valence-corrected chi connectivity index (χ2v) is 12.2.